The third-order valence-electron chi connectivity index (χ3n) is 3.36. The lowest BCUT2D eigenvalue weighted by molar-refractivity contribution is 0.434. The first kappa shape index (κ1) is 13.3. The first-order valence-corrected chi connectivity index (χ1v) is 6.33. The number of benzene rings is 2. The Morgan fingerprint density at radius 2 is 1.90 bits per heavy atom. The minimum atomic E-state index is -0.744. The minimum Gasteiger partial charge on any atom is -0.494 e. The van der Waals surface area contributed by atoms with Gasteiger partial charge in [0.05, 0.1) is 16.8 Å². The molecular weight excluding hydrogens is 274 g/mol. The van der Waals surface area contributed by atoms with Crippen molar-refractivity contribution >= 4 is 22.8 Å². The standard InChI is InChI=1S/C16H12F2N2O/c1-20-15-5-3-2-4-11(15)12(16(20)21)9-19-14-7-6-10(17)8-13(14)18/h2-9,21H,1H3. The lowest BCUT2D eigenvalue weighted by atomic mass is 10.2. The smallest absolute Gasteiger partial charge is 0.200 e. The second-order valence-corrected chi connectivity index (χ2v) is 4.67. The van der Waals surface area contributed by atoms with Crippen LogP contribution in [0.4, 0.5) is 14.5 Å². The van der Waals surface area contributed by atoms with E-state index in [1.807, 2.05) is 24.3 Å². The van der Waals surface area contributed by atoms with Crippen LogP contribution in [0.2, 0.25) is 0 Å². The molecule has 0 bridgehead atoms. The Morgan fingerprint density at radius 1 is 1.14 bits per heavy atom. The van der Waals surface area contributed by atoms with Crippen LogP contribution in [-0.4, -0.2) is 15.9 Å². The van der Waals surface area contributed by atoms with Crippen molar-refractivity contribution in [1.29, 1.82) is 0 Å². The lowest BCUT2D eigenvalue weighted by Gasteiger charge is -1.97. The maximum absolute atomic E-state index is 13.6. The van der Waals surface area contributed by atoms with Crippen molar-refractivity contribution in [3.05, 3.63) is 59.7 Å². The molecule has 1 heterocycles. The summed E-state index contributed by atoms with van der Waals surface area (Å²) in [6, 6.07) is 10.6. The van der Waals surface area contributed by atoms with Crippen molar-refractivity contribution in [2.24, 2.45) is 12.0 Å². The first-order chi connectivity index (χ1) is 10.1. The number of hydrogen-bond acceptors (Lipinski definition) is 2. The molecule has 3 nitrogen and oxygen atoms in total. The van der Waals surface area contributed by atoms with Crippen molar-refractivity contribution in [3.8, 4) is 5.88 Å². The summed E-state index contributed by atoms with van der Waals surface area (Å²) in [5, 5.41) is 10.9. The van der Waals surface area contributed by atoms with E-state index in [4.69, 9.17) is 0 Å². The highest BCUT2D eigenvalue weighted by molar-refractivity contribution is 6.03. The van der Waals surface area contributed by atoms with E-state index < -0.39 is 11.6 Å². The zero-order valence-electron chi connectivity index (χ0n) is 11.2. The van der Waals surface area contributed by atoms with E-state index in [0.29, 0.717) is 5.56 Å². The summed E-state index contributed by atoms with van der Waals surface area (Å²) in [5.41, 5.74) is 1.36. The second kappa shape index (κ2) is 5.01. The number of hydrogen-bond donors (Lipinski definition) is 1. The average molecular weight is 286 g/mol. The molecule has 0 saturated heterocycles. The van der Waals surface area contributed by atoms with Gasteiger partial charge in [0.2, 0.25) is 5.88 Å². The van der Waals surface area contributed by atoms with Gasteiger partial charge in [-0.15, -0.1) is 0 Å². The summed E-state index contributed by atoms with van der Waals surface area (Å²) in [5.74, 6) is -1.35. The van der Waals surface area contributed by atoms with Crippen LogP contribution in [0.15, 0.2) is 47.5 Å². The summed E-state index contributed by atoms with van der Waals surface area (Å²) in [6.45, 7) is 0. The molecule has 21 heavy (non-hydrogen) atoms. The quantitative estimate of drug-likeness (QED) is 0.712. The van der Waals surface area contributed by atoms with Gasteiger partial charge in [-0.3, -0.25) is 4.99 Å². The number of aromatic nitrogens is 1. The third-order valence-corrected chi connectivity index (χ3v) is 3.36. The molecule has 0 saturated carbocycles. The van der Waals surface area contributed by atoms with Crippen LogP contribution < -0.4 is 0 Å². The number of aryl methyl sites for hydroxylation is 1. The summed E-state index contributed by atoms with van der Waals surface area (Å²) in [6.07, 6.45) is 1.38. The molecule has 0 unspecified atom stereocenters. The number of para-hydroxylation sites is 1. The van der Waals surface area contributed by atoms with Gasteiger partial charge < -0.3 is 9.67 Å². The van der Waals surface area contributed by atoms with Gasteiger partial charge in [0.1, 0.15) is 5.82 Å². The molecule has 0 atom stereocenters. The molecule has 0 aliphatic carbocycles. The van der Waals surface area contributed by atoms with Crippen LogP contribution in [0.25, 0.3) is 10.9 Å². The molecule has 106 valence electrons. The Morgan fingerprint density at radius 3 is 2.67 bits per heavy atom. The van der Waals surface area contributed by atoms with E-state index >= 15 is 0 Å². The van der Waals surface area contributed by atoms with Crippen molar-refractivity contribution < 1.29 is 13.9 Å². The first-order valence-electron chi connectivity index (χ1n) is 6.33. The van der Waals surface area contributed by atoms with E-state index in [1.165, 1.54) is 12.3 Å². The monoisotopic (exact) mass is 286 g/mol. The van der Waals surface area contributed by atoms with E-state index in [0.717, 1.165) is 23.0 Å². The molecular formula is C16H12F2N2O. The van der Waals surface area contributed by atoms with E-state index in [-0.39, 0.29) is 11.6 Å². The molecule has 3 aromatic rings. The normalized spacial score (nSPS) is 11.6. The molecule has 0 fully saturated rings. The fraction of sp³-hybridized carbons (Fsp3) is 0.0625. The van der Waals surface area contributed by atoms with Gasteiger partial charge in [0.15, 0.2) is 5.82 Å². The zero-order chi connectivity index (χ0) is 15.0. The molecule has 0 radical (unpaired) electrons. The second-order valence-electron chi connectivity index (χ2n) is 4.67. The van der Waals surface area contributed by atoms with E-state index in [9.17, 15) is 13.9 Å². The SMILES string of the molecule is Cn1c(O)c(C=Nc2ccc(F)cc2F)c2ccccc21. The summed E-state index contributed by atoms with van der Waals surface area (Å²) < 4.78 is 28.0. The fourth-order valence-corrected chi connectivity index (χ4v) is 2.26. The van der Waals surface area contributed by atoms with Crippen LogP contribution >= 0.6 is 0 Å². The van der Waals surface area contributed by atoms with E-state index in [1.54, 1.807) is 11.6 Å². The number of aromatic hydroxyl groups is 1. The van der Waals surface area contributed by atoms with Gasteiger partial charge in [-0.1, -0.05) is 18.2 Å². The van der Waals surface area contributed by atoms with Crippen molar-refractivity contribution in [2.45, 2.75) is 0 Å². The summed E-state index contributed by atoms with van der Waals surface area (Å²) in [7, 11) is 1.73. The van der Waals surface area contributed by atoms with Crippen LogP contribution in [-0.2, 0) is 7.05 Å². The van der Waals surface area contributed by atoms with Gasteiger partial charge in [0, 0.05) is 24.7 Å². The Hall–Kier alpha value is -2.69. The largest absolute Gasteiger partial charge is 0.494 e. The predicted molar refractivity (Wildman–Crippen MR) is 78.2 cm³/mol. The highest BCUT2D eigenvalue weighted by Gasteiger charge is 2.12. The Kier molecular flexibility index (Phi) is 3.17. The molecule has 3 rings (SSSR count). The van der Waals surface area contributed by atoms with Gasteiger partial charge in [-0.2, -0.15) is 0 Å². The number of fused-ring (bicyclic) bond motifs is 1. The number of nitrogens with zero attached hydrogens (tertiary/aromatic N) is 2. The molecule has 0 spiro atoms. The fourth-order valence-electron chi connectivity index (χ4n) is 2.26. The molecule has 1 N–H and O–H groups in total. The highest BCUT2D eigenvalue weighted by atomic mass is 19.1. The van der Waals surface area contributed by atoms with E-state index in [2.05, 4.69) is 4.99 Å². The topological polar surface area (TPSA) is 37.5 Å². The summed E-state index contributed by atoms with van der Waals surface area (Å²) >= 11 is 0. The van der Waals surface area contributed by atoms with Crippen molar-refractivity contribution in [1.82, 2.24) is 4.57 Å². The Labute approximate surface area is 119 Å². The number of aliphatic imine (C=N–C) groups is 1. The maximum atomic E-state index is 13.6. The predicted octanol–water partition coefficient (Wildman–Crippen LogP) is 3.91. The van der Waals surface area contributed by atoms with Gasteiger partial charge >= 0.3 is 0 Å². The molecule has 1 aromatic heterocycles. The summed E-state index contributed by atoms with van der Waals surface area (Å²) in [4.78, 5) is 4.00. The minimum absolute atomic E-state index is 0.0173. The molecule has 5 heteroatoms. The molecule has 0 amide bonds. The Bertz CT molecular complexity index is 853. The van der Waals surface area contributed by atoms with Crippen molar-refractivity contribution in [2.75, 3.05) is 0 Å². The van der Waals surface area contributed by atoms with Gasteiger partial charge in [-0.05, 0) is 18.2 Å². The molecule has 0 aliphatic rings. The van der Waals surface area contributed by atoms with Crippen LogP contribution in [0.3, 0.4) is 0 Å². The molecule has 2 aromatic carbocycles. The highest BCUT2D eigenvalue weighted by Crippen LogP contribution is 2.29. The van der Waals surface area contributed by atoms with Crippen LogP contribution in [0.1, 0.15) is 5.56 Å². The third kappa shape index (κ3) is 2.27. The molecule has 0 aliphatic heterocycles. The van der Waals surface area contributed by atoms with Gasteiger partial charge in [0.25, 0.3) is 0 Å². The zero-order valence-corrected chi connectivity index (χ0v) is 11.2. The number of halogens is 2. The van der Waals surface area contributed by atoms with Crippen molar-refractivity contribution in [3.63, 3.8) is 0 Å². The lowest BCUT2D eigenvalue weighted by Crippen LogP contribution is -1.86. The maximum Gasteiger partial charge on any atom is 0.200 e. The average Bonchev–Trinajstić information content (AvgIpc) is 2.71. The van der Waals surface area contributed by atoms with Crippen LogP contribution in [0.5, 0.6) is 5.88 Å². The Balaban J connectivity index is 2.09. The number of rotatable bonds is 2. The van der Waals surface area contributed by atoms with Crippen LogP contribution in [0, 0.1) is 11.6 Å². The van der Waals surface area contributed by atoms with Gasteiger partial charge in [-0.25, -0.2) is 8.78 Å².